The molecule has 1 aromatic rings. The number of oxime groups is 1. The first-order chi connectivity index (χ1) is 9.77. The molecule has 0 aliphatic rings. The topological polar surface area (TPSA) is 67.8 Å². The number of nitrogens with two attached hydrogens (primary N) is 1. The third kappa shape index (κ3) is 6.45. The van der Waals surface area contributed by atoms with E-state index in [9.17, 15) is 0 Å². The lowest BCUT2D eigenvalue weighted by molar-refractivity contribution is 0.304. The van der Waals surface area contributed by atoms with Crippen molar-refractivity contribution in [1.82, 2.24) is 0 Å². The number of hydrogen-bond acceptors (Lipinski definition) is 3. The molecule has 112 valence electrons. The summed E-state index contributed by atoms with van der Waals surface area (Å²) in [5.41, 5.74) is 6.18. The van der Waals surface area contributed by atoms with Crippen LogP contribution >= 0.6 is 0 Å². The molecule has 0 aromatic heterocycles. The second-order valence-corrected chi connectivity index (χ2v) is 4.98. The van der Waals surface area contributed by atoms with Gasteiger partial charge >= 0.3 is 0 Å². The van der Waals surface area contributed by atoms with Crippen LogP contribution in [0.2, 0.25) is 0 Å². The van der Waals surface area contributed by atoms with Crippen LogP contribution in [0.4, 0.5) is 0 Å². The highest BCUT2D eigenvalue weighted by atomic mass is 16.5. The van der Waals surface area contributed by atoms with Crippen molar-refractivity contribution < 1.29 is 9.94 Å². The summed E-state index contributed by atoms with van der Waals surface area (Å²) in [5, 5.41) is 11.5. The number of nitrogens with zero attached hydrogens (tertiary/aromatic N) is 1. The summed E-state index contributed by atoms with van der Waals surface area (Å²) in [6, 6.07) is 7.26. The summed E-state index contributed by atoms with van der Waals surface area (Å²) in [6.45, 7) is 2.98. The molecule has 0 amide bonds. The van der Waals surface area contributed by atoms with Gasteiger partial charge in [-0.15, -0.1) is 0 Å². The van der Waals surface area contributed by atoms with Crippen LogP contribution in [0.1, 0.15) is 57.4 Å². The third-order valence-electron chi connectivity index (χ3n) is 3.27. The van der Waals surface area contributed by atoms with E-state index in [2.05, 4.69) is 12.1 Å². The molecule has 20 heavy (non-hydrogen) atoms. The first-order valence-corrected chi connectivity index (χ1v) is 7.48. The van der Waals surface area contributed by atoms with Gasteiger partial charge in [0, 0.05) is 5.56 Å². The second-order valence-electron chi connectivity index (χ2n) is 4.98. The zero-order valence-corrected chi connectivity index (χ0v) is 12.3. The van der Waals surface area contributed by atoms with E-state index in [0.29, 0.717) is 5.56 Å². The van der Waals surface area contributed by atoms with E-state index in [1.807, 2.05) is 12.1 Å². The minimum atomic E-state index is 0.114. The van der Waals surface area contributed by atoms with Gasteiger partial charge < -0.3 is 15.7 Å². The molecule has 0 aliphatic heterocycles. The van der Waals surface area contributed by atoms with Gasteiger partial charge in [0.25, 0.3) is 0 Å². The summed E-state index contributed by atoms with van der Waals surface area (Å²) in [6.07, 6.45) is 8.95. The van der Waals surface area contributed by atoms with Crippen LogP contribution in [-0.4, -0.2) is 17.6 Å². The Bertz CT molecular complexity index is 388. The van der Waals surface area contributed by atoms with Gasteiger partial charge in [0.15, 0.2) is 5.84 Å². The lowest BCUT2D eigenvalue weighted by Crippen LogP contribution is -2.12. The molecule has 4 nitrogen and oxygen atoms in total. The number of hydrogen-bond donors (Lipinski definition) is 2. The van der Waals surface area contributed by atoms with Crippen LogP contribution < -0.4 is 10.5 Å². The summed E-state index contributed by atoms with van der Waals surface area (Å²) >= 11 is 0. The van der Waals surface area contributed by atoms with E-state index in [4.69, 9.17) is 15.7 Å². The lowest BCUT2D eigenvalue weighted by Gasteiger charge is -2.07. The Kier molecular flexibility index (Phi) is 8.27. The van der Waals surface area contributed by atoms with Crippen LogP contribution in [-0.2, 0) is 0 Å². The van der Waals surface area contributed by atoms with Crippen molar-refractivity contribution in [2.45, 2.75) is 51.9 Å². The Morgan fingerprint density at radius 3 is 2.25 bits per heavy atom. The molecule has 4 heteroatoms. The fourth-order valence-corrected chi connectivity index (χ4v) is 2.03. The average Bonchev–Trinajstić information content (AvgIpc) is 2.50. The predicted molar refractivity (Wildman–Crippen MR) is 82.4 cm³/mol. The van der Waals surface area contributed by atoms with Crippen molar-refractivity contribution in [2.24, 2.45) is 10.9 Å². The van der Waals surface area contributed by atoms with Gasteiger partial charge in [-0.3, -0.25) is 0 Å². The molecule has 0 bridgehead atoms. The zero-order valence-electron chi connectivity index (χ0n) is 12.3. The third-order valence-corrected chi connectivity index (χ3v) is 3.27. The van der Waals surface area contributed by atoms with Gasteiger partial charge in [-0.05, 0) is 30.7 Å². The zero-order chi connectivity index (χ0) is 14.6. The number of amidine groups is 1. The molecule has 0 fully saturated rings. The SMILES string of the molecule is CCCCCCCCCOc1ccc(C(N)=NO)cc1. The van der Waals surface area contributed by atoms with Gasteiger partial charge in [0.05, 0.1) is 6.61 Å². The minimum Gasteiger partial charge on any atom is -0.494 e. The minimum absolute atomic E-state index is 0.114. The molecule has 0 aliphatic carbocycles. The Morgan fingerprint density at radius 2 is 1.65 bits per heavy atom. The van der Waals surface area contributed by atoms with Gasteiger partial charge in [-0.1, -0.05) is 50.6 Å². The molecule has 0 heterocycles. The maximum absolute atomic E-state index is 8.57. The van der Waals surface area contributed by atoms with Crippen molar-refractivity contribution in [2.75, 3.05) is 6.61 Å². The van der Waals surface area contributed by atoms with Crippen molar-refractivity contribution in [3.63, 3.8) is 0 Å². The van der Waals surface area contributed by atoms with E-state index in [1.54, 1.807) is 12.1 Å². The van der Waals surface area contributed by atoms with Crippen molar-refractivity contribution in [1.29, 1.82) is 0 Å². The number of benzene rings is 1. The Morgan fingerprint density at radius 1 is 1.05 bits per heavy atom. The Hall–Kier alpha value is -1.71. The molecule has 0 radical (unpaired) electrons. The standard InChI is InChI=1S/C16H26N2O2/c1-2-3-4-5-6-7-8-13-20-15-11-9-14(10-12-15)16(17)18-19/h9-12,19H,2-8,13H2,1H3,(H2,17,18). The van der Waals surface area contributed by atoms with Gasteiger partial charge in [0.1, 0.15) is 5.75 Å². The smallest absolute Gasteiger partial charge is 0.170 e. The summed E-state index contributed by atoms with van der Waals surface area (Å²) in [7, 11) is 0. The molecular weight excluding hydrogens is 252 g/mol. The van der Waals surface area contributed by atoms with Gasteiger partial charge in [0.2, 0.25) is 0 Å². The van der Waals surface area contributed by atoms with Crippen molar-refractivity contribution >= 4 is 5.84 Å². The van der Waals surface area contributed by atoms with Gasteiger partial charge in [-0.25, -0.2) is 0 Å². The number of rotatable bonds is 10. The Balaban J connectivity index is 2.13. The first-order valence-electron chi connectivity index (χ1n) is 7.48. The number of unbranched alkanes of at least 4 members (excludes halogenated alkanes) is 6. The maximum Gasteiger partial charge on any atom is 0.170 e. The molecule has 0 saturated carbocycles. The summed E-state index contributed by atoms with van der Waals surface area (Å²) < 4.78 is 5.66. The molecule has 3 N–H and O–H groups in total. The monoisotopic (exact) mass is 278 g/mol. The predicted octanol–water partition coefficient (Wildman–Crippen LogP) is 3.91. The molecule has 1 rings (SSSR count). The molecule has 0 atom stereocenters. The molecule has 0 unspecified atom stereocenters. The van der Waals surface area contributed by atoms with Crippen LogP contribution in [0.5, 0.6) is 5.75 Å². The van der Waals surface area contributed by atoms with E-state index >= 15 is 0 Å². The van der Waals surface area contributed by atoms with Crippen LogP contribution in [0, 0.1) is 0 Å². The molecule has 1 aromatic carbocycles. The average molecular weight is 278 g/mol. The van der Waals surface area contributed by atoms with E-state index in [-0.39, 0.29) is 5.84 Å². The lowest BCUT2D eigenvalue weighted by atomic mass is 10.1. The first kappa shape index (κ1) is 16.3. The highest BCUT2D eigenvalue weighted by molar-refractivity contribution is 5.97. The summed E-state index contributed by atoms with van der Waals surface area (Å²) in [4.78, 5) is 0. The van der Waals surface area contributed by atoms with Crippen LogP contribution in [0.15, 0.2) is 29.4 Å². The Labute approximate surface area is 121 Å². The summed E-state index contributed by atoms with van der Waals surface area (Å²) in [5.74, 6) is 0.939. The van der Waals surface area contributed by atoms with Crippen LogP contribution in [0.25, 0.3) is 0 Å². The van der Waals surface area contributed by atoms with Gasteiger partial charge in [-0.2, -0.15) is 0 Å². The van der Waals surface area contributed by atoms with E-state index in [1.165, 1.54) is 38.5 Å². The molecule has 0 saturated heterocycles. The second kappa shape index (κ2) is 10.1. The van der Waals surface area contributed by atoms with Crippen molar-refractivity contribution in [3.05, 3.63) is 29.8 Å². The largest absolute Gasteiger partial charge is 0.494 e. The van der Waals surface area contributed by atoms with Crippen LogP contribution in [0.3, 0.4) is 0 Å². The fraction of sp³-hybridized carbons (Fsp3) is 0.562. The highest BCUT2D eigenvalue weighted by Crippen LogP contribution is 2.13. The van der Waals surface area contributed by atoms with E-state index in [0.717, 1.165) is 18.8 Å². The normalized spacial score (nSPS) is 11.6. The van der Waals surface area contributed by atoms with E-state index < -0.39 is 0 Å². The molecular formula is C16H26N2O2. The quantitative estimate of drug-likeness (QED) is 0.224. The number of ether oxygens (including phenoxy) is 1. The van der Waals surface area contributed by atoms with Crippen molar-refractivity contribution in [3.8, 4) is 5.75 Å². The molecule has 0 spiro atoms. The maximum atomic E-state index is 8.57. The highest BCUT2D eigenvalue weighted by Gasteiger charge is 1.99. The fourth-order valence-electron chi connectivity index (χ4n) is 2.03.